The van der Waals surface area contributed by atoms with Crippen LogP contribution in [0.15, 0.2) is 60.9 Å². The quantitative estimate of drug-likeness (QED) is 0.570. The molecule has 0 fully saturated rings. The molecule has 0 spiro atoms. The monoisotopic (exact) mass is 276 g/mol. The molecular weight excluding hydrogens is 248 g/mol. The summed E-state index contributed by atoms with van der Waals surface area (Å²) in [6, 6.07) is 7.69. The lowest BCUT2D eigenvalue weighted by Gasteiger charge is -2.09. The van der Waals surface area contributed by atoms with E-state index in [9.17, 15) is 5.11 Å². The van der Waals surface area contributed by atoms with Crippen molar-refractivity contribution in [3.63, 3.8) is 0 Å². The number of hydrogen-bond donors (Lipinski definition) is 1. The van der Waals surface area contributed by atoms with E-state index in [0.717, 1.165) is 16.9 Å². The van der Waals surface area contributed by atoms with Gasteiger partial charge in [-0.05, 0) is 17.2 Å². The Morgan fingerprint density at radius 3 is 2.20 bits per heavy atom. The fourth-order valence-electron chi connectivity index (χ4n) is 1.45. The smallest absolute Gasteiger partial charge is 0.122 e. The molecule has 20 heavy (non-hydrogen) atoms. The van der Waals surface area contributed by atoms with Crippen LogP contribution in [0.1, 0.15) is 33.3 Å². The van der Waals surface area contributed by atoms with Crippen LogP contribution < -0.4 is 4.74 Å². The number of allylic oxidation sites excluding steroid dienone is 3. The maximum Gasteiger partial charge on any atom is 0.122 e. The zero-order chi connectivity index (χ0) is 16.0. The molecule has 0 atom stereocenters. The highest BCUT2D eigenvalue weighted by Gasteiger charge is 2.06. The lowest BCUT2D eigenvalue weighted by Crippen LogP contribution is -1.96. The lowest BCUT2D eigenvalue weighted by atomic mass is 10.0. The third-order valence-corrected chi connectivity index (χ3v) is 2.26. The van der Waals surface area contributed by atoms with E-state index in [1.807, 2.05) is 52.0 Å². The van der Waals surface area contributed by atoms with Gasteiger partial charge in [-0.3, -0.25) is 0 Å². The predicted molar refractivity (Wildman–Crippen MR) is 89.4 cm³/mol. The van der Waals surface area contributed by atoms with E-state index < -0.39 is 0 Å². The van der Waals surface area contributed by atoms with Gasteiger partial charge in [-0.2, -0.15) is 0 Å². The van der Waals surface area contributed by atoms with Crippen LogP contribution in [-0.2, 0) is 6.42 Å². The third kappa shape index (κ3) is 7.47. The van der Waals surface area contributed by atoms with E-state index in [1.54, 1.807) is 19.3 Å². The molecule has 1 aromatic carbocycles. The second kappa shape index (κ2) is 13.5. The van der Waals surface area contributed by atoms with Crippen molar-refractivity contribution in [1.29, 1.82) is 0 Å². The first-order chi connectivity index (χ1) is 9.69. The molecular formula is C18H28O2. The number of benzene rings is 1. The molecule has 0 saturated carbocycles. The van der Waals surface area contributed by atoms with Gasteiger partial charge in [-0.15, -0.1) is 0 Å². The minimum Gasteiger partial charge on any atom is -0.508 e. The molecule has 1 rings (SSSR count). The van der Waals surface area contributed by atoms with Gasteiger partial charge in [0, 0.05) is 6.42 Å². The molecule has 0 aliphatic rings. The van der Waals surface area contributed by atoms with E-state index in [2.05, 4.69) is 13.2 Å². The van der Waals surface area contributed by atoms with E-state index in [-0.39, 0.29) is 5.76 Å². The molecule has 0 unspecified atom stereocenters. The number of aliphatic hydroxyl groups excluding tert-OH is 1. The molecule has 0 bridgehead atoms. The van der Waals surface area contributed by atoms with Crippen molar-refractivity contribution in [3.8, 4) is 5.75 Å². The fraction of sp³-hybridized carbons (Fsp3) is 0.333. The van der Waals surface area contributed by atoms with Crippen LogP contribution in [0.5, 0.6) is 5.75 Å². The summed E-state index contributed by atoms with van der Waals surface area (Å²) in [7, 11) is 1.63. The Balaban J connectivity index is 0. The highest BCUT2D eigenvalue weighted by molar-refractivity contribution is 5.40. The summed E-state index contributed by atoms with van der Waals surface area (Å²) in [5.74, 6) is 0.865. The SMILES string of the molecule is C=C/C=C(/Cc1ccccc1OC)C(=C)O.CC.CC. The Morgan fingerprint density at radius 1 is 1.20 bits per heavy atom. The standard InChI is InChI=1S/C14H16O2.2C2H6/c1-4-7-12(11(2)15)10-13-8-5-6-9-14(13)16-3;2*1-2/h4-9,15H,1-2,10H2,3H3;2*1-2H3/b12-7-;;. The predicted octanol–water partition coefficient (Wildman–Crippen LogP) is 5.47. The number of hydrogen-bond acceptors (Lipinski definition) is 2. The van der Waals surface area contributed by atoms with Crippen molar-refractivity contribution < 1.29 is 9.84 Å². The molecule has 2 nitrogen and oxygen atoms in total. The summed E-state index contributed by atoms with van der Waals surface area (Å²) < 4.78 is 5.24. The molecule has 2 heteroatoms. The largest absolute Gasteiger partial charge is 0.508 e. The number of para-hydroxylation sites is 1. The second-order valence-electron chi connectivity index (χ2n) is 3.36. The Hall–Kier alpha value is -1.96. The third-order valence-electron chi connectivity index (χ3n) is 2.26. The van der Waals surface area contributed by atoms with Crippen molar-refractivity contribution in [2.75, 3.05) is 7.11 Å². The van der Waals surface area contributed by atoms with Crippen LogP contribution in [0.3, 0.4) is 0 Å². The zero-order valence-electron chi connectivity index (χ0n) is 13.4. The molecule has 1 aromatic rings. The Bertz CT molecular complexity index is 417. The number of aliphatic hydroxyl groups is 1. The number of methoxy groups -OCH3 is 1. The molecule has 0 heterocycles. The van der Waals surface area contributed by atoms with E-state index in [4.69, 9.17) is 4.74 Å². The van der Waals surface area contributed by atoms with Gasteiger partial charge in [0.15, 0.2) is 0 Å². The first kappa shape index (κ1) is 20.4. The van der Waals surface area contributed by atoms with Gasteiger partial charge < -0.3 is 9.84 Å². The maximum atomic E-state index is 9.42. The van der Waals surface area contributed by atoms with Crippen molar-refractivity contribution in [2.24, 2.45) is 0 Å². The van der Waals surface area contributed by atoms with Crippen LogP contribution in [0.2, 0.25) is 0 Å². The zero-order valence-corrected chi connectivity index (χ0v) is 13.4. The van der Waals surface area contributed by atoms with Crippen LogP contribution in [0.25, 0.3) is 0 Å². The average molecular weight is 276 g/mol. The van der Waals surface area contributed by atoms with Crippen LogP contribution in [0.4, 0.5) is 0 Å². The summed E-state index contributed by atoms with van der Waals surface area (Å²) in [5.41, 5.74) is 1.74. The van der Waals surface area contributed by atoms with E-state index in [1.165, 1.54) is 0 Å². The van der Waals surface area contributed by atoms with Gasteiger partial charge in [-0.1, -0.05) is 71.2 Å². The highest BCUT2D eigenvalue weighted by Crippen LogP contribution is 2.22. The Labute approximate surface area is 124 Å². The van der Waals surface area contributed by atoms with Gasteiger partial charge in [0.25, 0.3) is 0 Å². The summed E-state index contributed by atoms with van der Waals surface area (Å²) in [6.45, 7) is 15.1. The van der Waals surface area contributed by atoms with Crippen LogP contribution >= 0.6 is 0 Å². The summed E-state index contributed by atoms with van der Waals surface area (Å²) >= 11 is 0. The average Bonchev–Trinajstić information content (AvgIpc) is 2.51. The first-order valence-electron chi connectivity index (χ1n) is 7.00. The molecule has 0 aliphatic carbocycles. The minimum atomic E-state index is 0.0609. The van der Waals surface area contributed by atoms with Crippen molar-refractivity contribution in [1.82, 2.24) is 0 Å². The number of ether oxygens (including phenoxy) is 1. The van der Waals surface area contributed by atoms with Crippen LogP contribution in [0, 0.1) is 0 Å². The van der Waals surface area contributed by atoms with Gasteiger partial charge >= 0.3 is 0 Å². The normalized spacial score (nSPS) is 9.35. The lowest BCUT2D eigenvalue weighted by molar-refractivity contribution is 0.407. The summed E-state index contributed by atoms with van der Waals surface area (Å²) in [5, 5.41) is 9.42. The van der Waals surface area contributed by atoms with Gasteiger partial charge in [0.1, 0.15) is 11.5 Å². The molecule has 0 aliphatic heterocycles. The van der Waals surface area contributed by atoms with Crippen molar-refractivity contribution in [3.05, 3.63) is 66.5 Å². The highest BCUT2D eigenvalue weighted by atomic mass is 16.5. The summed E-state index contributed by atoms with van der Waals surface area (Å²) in [6.07, 6.45) is 3.95. The maximum absolute atomic E-state index is 9.42. The molecule has 1 N–H and O–H groups in total. The topological polar surface area (TPSA) is 29.5 Å². The molecule has 0 aromatic heterocycles. The minimum absolute atomic E-state index is 0.0609. The molecule has 0 radical (unpaired) electrons. The van der Waals surface area contributed by atoms with Gasteiger partial charge in [0.05, 0.1) is 7.11 Å². The molecule has 0 amide bonds. The Kier molecular flexibility index (Phi) is 13.7. The van der Waals surface area contributed by atoms with E-state index >= 15 is 0 Å². The fourth-order valence-corrected chi connectivity index (χ4v) is 1.45. The second-order valence-corrected chi connectivity index (χ2v) is 3.36. The molecule has 112 valence electrons. The van der Waals surface area contributed by atoms with Gasteiger partial charge in [0.2, 0.25) is 0 Å². The van der Waals surface area contributed by atoms with Crippen molar-refractivity contribution >= 4 is 0 Å². The molecule has 0 saturated heterocycles. The number of rotatable bonds is 5. The Morgan fingerprint density at radius 2 is 1.75 bits per heavy atom. The van der Waals surface area contributed by atoms with E-state index in [0.29, 0.717) is 6.42 Å². The van der Waals surface area contributed by atoms with Crippen molar-refractivity contribution in [2.45, 2.75) is 34.1 Å². The van der Waals surface area contributed by atoms with Gasteiger partial charge in [-0.25, -0.2) is 0 Å². The van der Waals surface area contributed by atoms with Crippen LogP contribution in [-0.4, -0.2) is 12.2 Å². The first-order valence-corrected chi connectivity index (χ1v) is 7.00. The summed E-state index contributed by atoms with van der Waals surface area (Å²) in [4.78, 5) is 0.